The molecule has 1 saturated heterocycles. The summed E-state index contributed by atoms with van der Waals surface area (Å²) < 4.78 is 17.9. The second-order valence-corrected chi connectivity index (χ2v) is 12.7. The number of aryl methyl sites for hydroxylation is 2. The molecule has 2 amide bonds. The highest BCUT2D eigenvalue weighted by Gasteiger charge is 2.31. The van der Waals surface area contributed by atoms with Crippen molar-refractivity contribution in [3.05, 3.63) is 57.9 Å². The molecule has 2 aromatic heterocycles. The Kier molecular flexibility index (Phi) is 11.2. The molecule has 0 radical (unpaired) electrons. The van der Waals surface area contributed by atoms with Crippen molar-refractivity contribution >= 4 is 35.0 Å². The zero-order chi connectivity index (χ0) is 35.2. The van der Waals surface area contributed by atoms with Crippen molar-refractivity contribution in [2.45, 2.75) is 53.1 Å². The van der Waals surface area contributed by atoms with Gasteiger partial charge in [0.2, 0.25) is 11.8 Å². The summed E-state index contributed by atoms with van der Waals surface area (Å²) in [6.07, 6.45) is 2.54. The van der Waals surface area contributed by atoms with Gasteiger partial charge in [-0.2, -0.15) is 5.10 Å². The third kappa shape index (κ3) is 8.98. The Bertz CT molecular complexity index is 1670. The molecule has 15 heteroatoms. The monoisotopic (exact) mass is 665 g/mol. The van der Waals surface area contributed by atoms with Gasteiger partial charge in [-0.15, -0.1) is 0 Å². The summed E-state index contributed by atoms with van der Waals surface area (Å²) in [6, 6.07) is 7.82. The molecule has 258 valence electrons. The second-order valence-electron chi connectivity index (χ2n) is 12.7. The molecule has 3 aromatic rings. The van der Waals surface area contributed by atoms with Crippen molar-refractivity contribution in [1.82, 2.24) is 19.7 Å². The minimum atomic E-state index is -0.679. The highest BCUT2D eigenvalue weighted by molar-refractivity contribution is 5.98. The van der Waals surface area contributed by atoms with E-state index in [0.29, 0.717) is 59.3 Å². The molecule has 1 atom stereocenters. The Hall–Kier alpha value is -5.21. The van der Waals surface area contributed by atoms with Gasteiger partial charge < -0.3 is 24.4 Å². The molecule has 1 aliphatic rings. The van der Waals surface area contributed by atoms with E-state index in [1.807, 2.05) is 6.92 Å². The van der Waals surface area contributed by atoms with E-state index in [-0.39, 0.29) is 37.1 Å². The van der Waals surface area contributed by atoms with Crippen LogP contribution in [0.3, 0.4) is 0 Å². The SMILES string of the molecule is COC(=O)c1cc(C)nc(-c2cnn(C)c2OCCC[C@@H](C)CNc2cc(N3CCN(C(=O)OC(C)(C)C)CC3=O)ccc2[N+](=O)[O-])c1. The van der Waals surface area contributed by atoms with Gasteiger partial charge in [0, 0.05) is 44.1 Å². The smallest absolute Gasteiger partial charge is 0.410 e. The maximum Gasteiger partial charge on any atom is 0.410 e. The lowest BCUT2D eigenvalue weighted by Crippen LogP contribution is -2.53. The first kappa shape index (κ1) is 35.6. The number of piperazine rings is 1. The third-order valence-electron chi connectivity index (χ3n) is 7.62. The number of anilines is 2. The van der Waals surface area contributed by atoms with Crippen LogP contribution in [0.15, 0.2) is 36.5 Å². The predicted molar refractivity (Wildman–Crippen MR) is 178 cm³/mol. The van der Waals surface area contributed by atoms with E-state index < -0.39 is 22.6 Å². The van der Waals surface area contributed by atoms with Gasteiger partial charge >= 0.3 is 12.1 Å². The molecule has 1 N–H and O–H groups in total. The number of nitro benzene ring substituents is 1. The first-order chi connectivity index (χ1) is 22.7. The Morgan fingerprint density at radius 3 is 2.58 bits per heavy atom. The summed E-state index contributed by atoms with van der Waals surface area (Å²) in [7, 11) is 3.09. The summed E-state index contributed by atoms with van der Waals surface area (Å²) in [5.74, 6) is -0.120. The lowest BCUT2D eigenvalue weighted by molar-refractivity contribution is -0.384. The quantitative estimate of drug-likeness (QED) is 0.120. The average molecular weight is 666 g/mol. The van der Waals surface area contributed by atoms with Crippen LogP contribution >= 0.6 is 0 Å². The molecule has 48 heavy (non-hydrogen) atoms. The van der Waals surface area contributed by atoms with Crippen molar-refractivity contribution in [1.29, 1.82) is 0 Å². The molecule has 1 aromatic carbocycles. The summed E-state index contributed by atoms with van der Waals surface area (Å²) in [5, 5.41) is 19.3. The lowest BCUT2D eigenvalue weighted by Gasteiger charge is -2.35. The van der Waals surface area contributed by atoms with Gasteiger partial charge in [-0.25, -0.2) is 14.3 Å². The first-order valence-corrected chi connectivity index (χ1v) is 15.7. The minimum absolute atomic E-state index is 0.0991. The number of ether oxygens (including phenoxy) is 3. The molecule has 0 spiro atoms. The van der Waals surface area contributed by atoms with Crippen LogP contribution in [0.2, 0.25) is 0 Å². The zero-order valence-electron chi connectivity index (χ0n) is 28.4. The van der Waals surface area contributed by atoms with Crippen LogP contribution in [0.1, 0.15) is 56.6 Å². The van der Waals surface area contributed by atoms with Crippen LogP contribution in [0.5, 0.6) is 5.88 Å². The average Bonchev–Trinajstić information content (AvgIpc) is 3.40. The summed E-state index contributed by atoms with van der Waals surface area (Å²) in [4.78, 5) is 56.3. The van der Waals surface area contributed by atoms with Gasteiger partial charge in [0.05, 0.1) is 41.7 Å². The van der Waals surface area contributed by atoms with Crippen LogP contribution in [-0.4, -0.2) is 88.1 Å². The molecule has 4 rings (SSSR count). The van der Waals surface area contributed by atoms with Gasteiger partial charge in [-0.3, -0.25) is 24.8 Å². The van der Waals surface area contributed by atoms with E-state index in [2.05, 4.69) is 15.4 Å². The predicted octanol–water partition coefficient (Wildman–Crippen LogP) is 4.98. The van der Waals surface area contributed by atoms with Crippen LogP contribution in [-0.2, 0) is 21.3 Å². The highest BCUT2D eigenvalue weighted by Crippen LogP contribution is 2.32. The number of nitro groups is 1. The maximum absolute atomic E-state index is 13.0. The minimum Gasteiger partial charge on any atom is -0.477 e. The summed E-state index contributed by atoms with van der Waals surface area (Å²) >= 11 is 0. The molecular weight excluding hydrogens is 622 g/mol. The standard InChI is InChI=1S/C33H43N7O8/c1-21(9-8-14-47-30-25(19-35-37(30)6)26-16-23(31(42)46-7)15-22(2)36-26)18-34-27-17-24(10-11-28(27)40(44)45)39-13-12-38(20-29(39)41)32(43)48-33(3,4)5/h10-11,15-17,19,21,34H,8-9,12-14,18,20H2,1-7H3/t21-/m1/s1. The third-order valence-corrected chi connectivity index (χ3v) is 7.62. The Balaban J connectivity index is 1.33. The summed E-state index contributed by atoms with van der Waals surface area (Å²) in [5.41, 5.74) is 2.27. The van der Waals surface area contributed by atoms with Crippen molar-refractivity contribution in [3.8, 4) is 17.1 Å². The molecule has 3 heterocycles. The fraction of sp³-hybridized carbons (Fsp3) is 0.485. The lowest BCUT2D eigenvalue weighted by atomic mass is 10.1. The number of nitrogens with one attached hydrogen (secondary N) is 1. The number of hydrogen-bond acceptors (Lipinski definition) is 11. The number of carbonyl (C=O) groups is 3. The Morgan fingerprint density at radius 2 is 1.92 bits per heavy atom. The van der Waals surface area contributed by atoms with Crippen LogP contribution in [0.4, 0.5) is 21.9 Å². The number of rotatable bonds is 12. The zero-order valence-corrected chi connectivity index (χ0v) is 28.4. The fourth-order valence-electron chi connectivity index (χ4n) is 5.22. The van der Waals surface area contributed by atoms with E-state index in [1.165, 1.54) is 23.0 Å². The number of methoxy groups -OCH3 is 1. The van der Waals surface area contributed by atoms with Crippen LogP contribution < -0.4 is 15.0 Å². The number of amides is 2. The molecule has 0 saturated carbocycles. The van der Waals surface area contributed by atoms with E-state index in [9.17, 15) is 24.5 Å². The van der Waals surface area contributed by atoms with Gasteiger partial charge in [0.15, 0.2) is 0 Å². The van der Waals surface area contributed by atoms with E-state index in [1.54, 1.807) is 69.9 Å². The Labute approximate surface area is 279 Å². The van der Waals surface area contributed by atoms with Gasteiger partial charge in [-0.05, 0) is 70.7 Å². The molecule has 0 bridgehead atoms. The van der Waals surface area contributed by atoms with Crippen molar-refractivity contribution in [2.24, 2.45) is 13.0 Å². The van der Waals surface area contributed by atoms with E-state index in [4.69, 9.17) is 14.2 Å². The second kappa shape index (κ2) is 15.1. The van der Waals surface area contributed by atoms with Crippen molar-refractivity contribution < 1.29 is 33.5 Å². The number of carbonyl (C=O) groups excluding carboxylic acids is 3. The number of hydrogen-bond donors (Lipinski definition) is 1. The molecule has 1 fully saturated rings. The van der Waals surface area contributed by atoms with Crippen LogP contribution in [0.25, 0.3) is 11.3 Å². The summed E-state index contributed by atoms with van der Waals surface area (Å²) in [6.45, 7) is 10.3. The van der Waals surface area contributed by atoms with Gasteiger partial charge in [0.1, 0.15) is 17.8 Å². The largest absolute Gasteiger partial charge is 0.477 e. The maximum atomic E-state index is 13.0. The normalized spacial score (nSPS) is 14.0. The number of aromatic nitrogens is 3. The number of esters is 1. The molecular formula is C33H43N7O8. The topological polar surface area (TPSA) is 171 Å². The van der Waals surface area contributed by atoms with E-state index in [0.717, 1.165) is 6.42 Å². The van der Waals surface area contributed by atoms with Gasteiger partial charge in [0.25, 0.3) is 5.69 Å². The Morgan fingerprint density at radius 1 is 1.17 bits per heavy atom. The molecule has 0 unspecified atom stereocenters. The van der Waals surface area contributed by atoms with Crippen molar-refractivity contribution in [2.75, 3.05) is 50.1 Å². The van der Waals surface area contributed by atoms with E-state index >= 15 is 0 Å². The first-order valence-electron chi connectivity index (χ1n) is 15.7. The number of pyridine rings is 1. The number of nitrogens with zero attached hydrogens (tertiary/aromatic N) is 6. The fourth-order valence-corrected chi connectivity index (χ4v) is 5.22. The molecule has 1 aliphatic heterocycles. The molecule has 15 nitrogen and oxygen atoms in total. The highest BCUT2D eigenvalue weighted by atomic mass is 16.6. The number of benzene rings is 1. The molecule has 0 aliphatic carbocycles. The van der Waals surface area contributed by atoms with Crippen LogP contribution in [0, 0.1) is 23.0 Å². The van der Waals surface area contributed by atoms with Crippen molar-refractivity contribution in [3.63, 3.8) is 0 Å². The van der Waals surface area contributed by atoms with Gasteiger partial charge in [-0.1, -0.05) is 6.92 Å².